The highest BCUT2D eigenvalue weighted by Gasteiger charge is 2.21. The second-order valence-electron chi connectivity index (χ2n) is 5.41. The Morgan fingerprint density at radius 1 is 1.37 bits per heavy atom. The Labute approximate surface area is 110 Å². The van der Waals surface area contributed by atoms with E-state index in [1.165, 1.54) is 6.07 Å². The van der Waals surface area contributed by atoms with Gasteiger partial charge in [0.25, 0.3) is 5.91 Å². The summed E-state index contributed by atoms with van der Waals surface area (Å²) in [4.78, 5) is 16.2. The van der Waals surface area contributed by atoms with Crippen LogP contribution in [0.15, 0.2) is 24.3 Å². The van der Waals surface area contributed by atoms with Crippen molar-refractivity contribution in [3.63, 3.8) is 0 Å². The number of pyridine rings is 1. The number of amides is 1. The summed E-state index contributed by atoms with van der Waals surface area (Å²) in [5, 5.41) is 0.455. The molecular weight excluding hydrogens is 245 g/mol. The number of fused-ring (bicyclic) bond motifs is 1. The molecule has 0 atom stereocenters. The zero-order chi connectivity index (χ0) is 14.2. The molecule has 0 aliphatic heterocycles. The van der Waals surface area contributed by atoms with Crippen molar-refractivity contribution in [3.8, 4) is 0 Å². The lowest BCUT2D eigenvalue weighted by Gasteiger charge is -2.19. The Balaban J connectivity index is 2.84. The predicted molar refractivity (Wildman–Crippen MR) is 72.1 cm³/mol. The third-order valence-electron chi connectivity index (χ3n) is 2.93. The van der Waals surface area contributed by atoms with Crippen LogP contribution in [-0.4, -0.2) is 10.9 Å². The summed E-state index contributed by atoms with van der Waals surface area (Å²) in [5.74, 6) is 4.27. The number of hydrogen-bond acceptors (Lipinski definition) is 3. The summed E-state index contributed by atoms with van der Waals surface area (Å²) in [7, 11) is 0. The minimum absolute atomic E-state index is 0.188. The van der Waals surface area contributed by atoms with Crippen LogP contribution in [-0.2, 0) is 5.41 Å². The number of nitrogens with one attached hydrogen (secondary N) is 1. The standard InChI is InChI=1S/C14H16FN3O/c1-14(2,3)11-7-9(13(19)18-16)8-5-4-6-10(15)12(8)17-11/h4-7H,16H2,1-3H3,(H,18,19). The molecular formula is C14H16FN3O. The molecule has 0 saturated carbocycles. The summed E-state index contributed by atoms with van der Waals surface area (Å²) in [5.41, 5.74) is 2.95. The van der Waals surface area contributed by atoms with E-state index < -0.39 is 11.7 Å². The number of rotatable bonds is 1. The fourth-order valence-electron chi connectivity index (χ4n) is 1.86. The van der Waals surface area contributed by atoms with Crippen LogP contribution in [0, 0.1) is 5.82 Å². The smallest absolute Gasteiger partial charge is 0.265 e. The van der Waals surface area contributed by atoms with Crippen molar-refractivity contribution >= 4 is 16.8 Å². The third-order valence-corrected chi connectivity index (χ3v) is 2.93. The van der Waals surface area contributed by atoms with E-state index in [9.17, 15) is 9.18 Å². The third kappa shape index (κ3) is 2.42. The molecule has 0 bridgehead atoms. The van der Waals surface area contributed by atoms with Gasteiger partial charge in [-0.05, 0) is 12.1 Å². The minimum atomic E-state index is -0.455. The number of carbonyl (C=O) groups is 1. The highest BCUT2D eigenvalue weighted by Crippen LogP contribution is 2.27. The Morgan fingerprint density at radius 3 is 2.63 bits per heavy atom. The molecule has 2 aromatic rings. The Kier molecular flexibility index (Phi) is 3.24. The molecule has 4 nitrogen and oxygen atoms in total. The van der Waals surface area contributed by atoms with Gasteiger partial charge in [-0.15, -0.1) is 0 Å². The number of halogens is 1. The molecule has 1 amide bonds. The first-order valence-corrected chi connectivity index (χ1v) is 5.95. The highest BCUT2D eigenvalue weighted by molar-refractivity contribution is 6.06. The van der Waals surface area contributed by atoms with Gasteiger partial charge in [0.2, 0.25) is 0 Å². The van der Waals surface area contributed by atoms with E-state index in [4.69, 9.17) is 5.84 Å². The number of carbonyl (C=O) groups excluding carboxylic acids is 1. The normalized spacial score (nSPS) is 11.6. The zero-order valence-corrected chi connectivity index (χ0v) is 11.1. The lowest BCUT2D eigenvalue weighted by molar-refractivity contribution is 0.0955. The number of hydrazine groups is 1. The lowest BCUT2D eigenvalue weighted by Crippen LogP contribution is -2.30. The molecule has 3 N–H and O–H groups in total. The van der Waals surface area contributed by atoms with Gasteiger partial charge in [-0.1, -0.05) is 32.9 Å². The molecule has 0 unspecified atom stereocenters. The number of aromatic nitrogens is 1. The number of nitrogens with zero attached hydrogens (tertiary/aromatic N) is 1. The van der Waals surface area contributed by atoms with Crippen molar-refractivity contribution in [2.24, 2.45) is 5.84 Å². The summed E-state index contributed by atoms with van der Waals surface area (Å²) in [6, 6.07) is 6.18. The first-order valence-electron chi connectivity index (χ1n) is 5.95. The second kappa shape index (κ2) is 4.59. The summed E-state index contributed by atoms with van der Waals surface area (Å²) < 4.78 is 13.9. The van der Waals surface area contributed by atoms with Gasteiger partial charge in [-0.25, -0.2) is 15.2 Å². The summed E-state index contributed by atoms with van der Waals surface area (Å²) in [6.45, 7) is 5.85. The van der Waals surface area contributed by atoms with Crippen molar-refractivity contribution < 1.29 is 9.18 Å². The van der Waals surface area contributed by atoms with E-state index >= 15 is 0 Å². The first-order chi connectivity index (χ1) is 8.84. The Morgan fingerprint density at radius 2 is 2.05 bits per heavy atom. The van der Waals surface area contributed by atoms with Gasteiger partial charge in [-0.2, -0.15) is 0 Å². The number of nitrogen functional groups attached to an aromatic ring is 1. The molecule has 5 heteroatoms. The van der Waals surface area contributed by atoms with E-state index in [1.807, 2.05) is 20.8 Å². The van der Waals surface area contributed by atoms with E-state index in [1.54, 1.807) is 18.2 Å². The minimum Gasteiger partial charge on any atom is -0.290 e. The van der Waals surface area contributed by atoms with Crippen LogP contribution in [0.2, 0.25) is 0 Å². The molecule has 1 heterocycles. The zero-order valence-electron chi connectivity index (χ0n) is 11.1. The van der Waals surface area contributed by atoms with E-state index in [0.29, 0.717) is 16.6 Å². The van der Waals surface area contributed by atoms with Crippen LogP contribution in [0.3, 0.4) is 0 Å². The van der Waals surface area contributed by atoms with Gasteiger partial charge >= 0.3 is 0 Å². The van der Waals surface area contributed by atoms with Gasteiger partial charge < -0.3 is 0 Å². The topological polar surface area (TPSA) is 68.0 Å². The molecule has 0 spiro atoms. The quantitative estimate of drug-likeness (QED) is 0.470. The van der Waals surface area contributed by atoms with Crippen LogP contribution in [0.5, 0.6) is 0 Å². The fraction of sp³-hybridized carbons (Fsp3) is 0.286. The molecule has 0 saturated heterocycles. The Bertz CT molecular complexity index is 647. The lowest BCUT2D eigenvalue weighted by atomic mass is 9.89. The molecule has 1 aromatic heterocycles. The fourth-order valence-corrected chi connectivity index (χ4v) is 1.86. The van der Waals surface area contributed by atoms with Crippen molar-refractivity contribution in [2.45, 2.75) is 26.2 Å². The van der Waals surface area contributed by atoms with E-state index in [-0.39, 0.29) is 10.9 Å². The van der Waals surface area contributed by atoms with E-state index in [0.717, 1.165) is 0 Å². The van der Waals surface area contributed by atoms with Gasteiger partial charge in [0.1, 0.15) is 11.3 Å². The second-order valence-corrected chi connectivity index (χ2v) is 5.41. The van der Waals surface area contributed by atoms with Gasteiger partial charge in [0.05, 0.1) is 5.56 Å². The summed E-state index contributed by atoms with van der Waals surface area (Å²) >= 11 is 0. The van der Waals surface area contributed by atoms with Crippen molar-refractivity contribution in [1.82, 2.24) is 10.4 Å². The molecule has 0 aliphatic rings. The van der Waals surface area contributed by atoms with Crippen LogP contribution in [0.1, 0.15) is 36.8 Å². The van der Waals surface area contributed by atoms with Crippen LogP contribution < -0.4 is 11.3 Å². The highest BCUT2D eigenvalue weighted by atomic mass is 19.1. The average molecular weight is 261 g/mol. The molecule has 19 heavy (non-hydrogen) atoms. The molecule has 0 radical (unpaired) electrons. The van der Waals surface area contributed by atoms with Gasteiger partial charge in [-0.3, -0.25) is 10.2 Å². The largest absolute Gasteiger partial charge is 0.290 e. The van der Waals surface area contributed by atoms with Gasteiger partial charge in [0.15, 0.2) is 0 Å². The van der Waals surface area contributed by atoms with Crippen LogP contribution >= 0.6 is 0 Å². The monoisotopic (exact) mass is 261 g/mol. The van der Waals surface area contributed by atoms with Crippen molar-refractivity contribution in [3.05, 3.63) is 41.3 Å². The van der Waals surface area contributed by atoms with Gasteiger partial charge in [0, 0.05) is 16.5 Å². The van der Waals surface area contributed by atoms with Crippen LogP contribution in [0.25, 0.3) is 10.9 Å². The SMILES string of the molecule is CC(C)(C)c1cc(C(=O)NN)c2cccc(F)c2n1. The number of benzene rings is 1. The number of nitrogens with two attached hydrogens (primary N) is 1. The van der Waals surface area contributed by atoms with Crippen molar-refractivity contribution in [1.29, 1.82) is 0 Å². The summed E-state index contributed by atoms with van der Waals surface area (Å²) in [6.07, 6.45) is 0. The number of hydrogen-bond donors (Lipinski definition) is 2. The number of para-hydroxylation sites is 1. The molecule has 100 valence electrons. The first kappa shape index (κ1) is 13.4. The van der Waals surface area contributed by atoms with Crippen LogP contribution in [0.4, 0.5) is 4.39 Å². The molecule has 0 aliphatic carbocycles. The average Bonchev–Trinajstić information content (AvgIpc) is 2.36. The van der Waals surface area contributed by atoms with E-state index in [2.05, 4.69) is 10.4 Å². The molecule has 0 fully saturated rings. The maximum Gasteiger partial charge on any atom is 0.265 e. The molecule has 2 rings (SSSR count). The predicted octanol–water partition coefficient (Wildman–Crippen LogP) is 2.27. The van der Waals surface area contributed by atoms with Crippen molar-refractivity contribution in [2.75, 3.05) is 0 Å². The Hall–Kier alpha value is -2.01. The molecule has 1 aromatic carbocycles. The maximum atomic E-state index is 13.9. The maximum absolute atomic E-state index is 13.9.